The van der Waals surface area contributed by atoms with Crippen molar-refractivity contribution in [2.45, 2.75) is 0 Å². The summed E-state index contributed by atoms with van der Waals surface area (Å²) in [6, 6.07) is 31.0. The second-order valence-corrected chi connectivity index (χ2v) is 7.06. The number of benzene rings is 4. The van der Waals surface area contributed by atoms with Gasteiger partial charge in [-0.3, -0.25) is 0 Å². The number of hydrogen-bond acceptors (Lipinski definition) is 2. The molecule has 0 saturated heterocycles. The Labute approximate surface area is 176 Å². The molecule has 0 radical (unpaired) electrons. The van der Waals surface area contributed by atoms with Gasteiger partial charge < -0.3 is 10.2 Å². The molecule has 0 aromatic heterocycles. The highest BCUT2D eigenvalue weighted by Gasteiger charge is 2.04. The van der Waals surface area contributed by atoms with Crippen molar-refractivity contribution in [2.75, 3.05) is 0 Å². The molecule has 0 atom stereocenters. The van der Waals surface area contributed by atoms with Crippen molar-refractivity contribution in [3.63, 3.8) is 0 Å². The van der Waals surface area contributed by atoms with Crippen LogP contribution in [0.1, 0.15) is 22.3 Å². The van der Waals surface area contributed by atoms with E-state index in [1.165, 1.54) is 0 Å². The van der Waals surface area contributed by atoms with E-state index in [1.54, 1.807) is 24.3 Å². The molecule has 4 rings (SSSR count). The van der Waals surface area contributed by atoms with Gasteiger partial charge in [0, 0.05) is 0 Å². The minimum absolute atomic E-state index is 0.266. The Morgan fingerprint density at radius 3 is 1.57 bits per heavy atom. The lowest BCUT2D eigenvalue weighted by molar-refractivity contribution is 0.474. The van der Waals surface area contributed by atoms with Crippen LogP contribution in [0.2, 0.25) is 0 Å². The molecule has 0 spiro atoms. The summed E-state index contributed by atoms with van der Waals surface area (Å²) < 4.78 is 0. The molecule has 0 fully saturated rings. The second-order valence-electron chi connectivity index (χ2n) is 7.06. The first kappa shape index (κ1) is 19.3. The second kappa shape index (κ2) is 8.97. The van der Waals surface area contributed by atoms with Gasteiger partial charge in [0.25, 0.3) is 0 Å². The first-order valence-corrected chi connectivity index (χ1v) is 9.81. The summed E-state index contributed by atoms with van der Waals surface area (Å²) in [5.74, 6) is 0.533. The fraction of sp³-hybridized carbons (Fsp3) is 0. The van der Waals surface area contributed by atoms with Crippen molar-refractivity contribution in [2.24, 2.45) is 0 Å². The molecule has 0 bridgehead atoms. The van der Waals surface area contributed by atoms with Crippen LogP contribution in [0.25, 0.3) is 35.4 Å². The largest absolute Gasteiger partial charge is 0.508 e. The molecule has 0 amide bonds. The Balaban J connectivity index is 1.68. The number of hydrogen-bond donors (Lipinski definition) is 2. The van der Waals surface area contributed by atoms with E-state index >= 15 is 0 Å². The Morgan fingerprint density at radius 2 is 0.967 bits per heavy atom. The summed E-state index contributed by atoms with van der Waals surface area (Å²) in [6.45, 7) is 0. The molecule has 2 N–H and O–H groups in total. The summed E-state index contributed by atoms with van der Waals surface area (Å²) in [5.41, 5.74) is 6.59. The van der Waals surface area contributed by atoms with E-state index in [1.807, 2.05) is 54.6 Å². The van der Waals surface area contributed by atoms with Crippen LogP contribution in [0.3, 0.4) is 0 Å². The van der Waals surface area contributed by atoms with Crippen molar-refractivity contribution < 1.29 is 10.2 Å². The predicted molar refractivity (Wildman–Crippen MR) is 126 cm³/mol. The molecule has 0 saturated carbocycles. The average Bonchev–Trinajstić information content (AvgIpc) is 2.79. The maximum absolute atomic E-state index is 9.47. The molecule has 2 nitrogen and oxygen atoms in total. The topological polar surface area (TPSA) is 40.5 Å². The monoisotopic (exact) mass is 390 g/mol. The van der Waals surface area contributed by atoms with Crippen LogP contribution in [-0.2, 0) is 0 Å². The van der Waals surface area contributed by atoms with Crippen LogP contribution in [0.4, 0.5) is 0 Å². The zero-order valence-corrected chi connectivity index (χ0v) is 16.4. The minimum Gasteiger partial charge on any atom is -0.508 e. The van der Waals surface area contributed by atoms with Gasteiger partial charge in [0.1, 0.15) is 11.5 Å². The Hall–Kier alpha value is -4.04. The van der Waals surface area contributed by atoms with Gasteiger partial charge in [-0.25, -0.2) is 0 Å². The van der Waals surface area contributed by atoms with Crippen molar-refractivity contribution >= 4 is 24.3 Å². The van der Waals surface area contributed by atoms with E-state index in [0.717, 1.165) is 33.4 Å². The molecule has 0 aliphatic heterocycles. The number of phenolic OH excluding ortho intramolecular Hbond substituents is 2. The molecular formula is C28H22O2. The van der Waals surface area contributed by atoms with Crippen LogP contribution in [0.15, 0.2) is 97.1 Å². The summed E-state index contributed by atoms with van der Waals surface area (Å²) in [5, 5.41) is 18.9. The van der Waals surface area contributed by atoms with Crippen LogP contribution >= 0.6 is 0 Å². The van der Waals surface area contributed by atoms with E-state index < -0.39 is 0 Å². The maximum Gasteiger partial charge on any atom is 0.115 e. The first-order chi connectivity index (χ1) is 14.7. The van der Waals surface area contributed by atoms with Crippen molar-refractivity contribution in [1.29, 1.82) is 0 Å². The van der Waals surface area contributed by atoms with Gasteiger partial charge in [-0.2, -0.15) is 0 Å². The Morgan fingerprint density at radius 1 is 0.467 bits per heavy atom. The van der Waals surface area contributed by atoms with Gasteiger partial charge in [0.2, 0.25) is 0 Å². The highest BCUT2D eigenvalue weighted by molar-refractivity contribution is 5.83. The summed E-state index contributed by atoms with van der Waals surface area (Å²) in [7, 11) is 0. The SMILES string of the molecule is Oc1ccc(/C=C/c2ccc(/C=C/c3ccc(O)cc3)c(-c3ccccc3)c2)cc1. The summed E-state index contributed by atoms with van der Waals surface area (Å²) >= 11 is 0. The van der Waals surface area contributed by atoms with E-state index in [0.29, 0.717) is 0 Å². The van der Waals surface area contributed by atoms with E-state index in [2.05, 4.69) is 42.5 Å². The lowest BCUT2D eigenvalue weighted by Crippen LogP contribution is -1.85. The molecule has 30 heavy (non-hydrogen) atoms. The van der Waals surface area contributed by atoms with Gasteiger partial charge in [0.15, 0.2) is 0 Å². The maximum atomic E-state index is 9.47. The normalized spacial score (nSPS) is 11.3. The molecule has 2 heteroatoms. The molecule has 0 aliphatic carbocycles. The zero-order valence-electron chi connectivity index (χ0n) is 16.4. The highest BCUT2D eigenvalue weighted by Crippen LogP contribution is 2.28. The molecule has 0 unspecified atom stereocenters. The minimum atomic E-state index is 0.266. The van der Waals surface area contributed by atoms with Gasteiger partial charge in [-0.1, -0.05) is 91.0 Å². The van der Waals surface area contributed by atoms with E-state index in [-0.39, 0.29) is 11.5 Å². The molecule has 4 aromatic carbocycles. The Kier molecular flexibility index (Phi) is 5.77. The standard InChI is InChI=1S/C28H22O2/c29-26-16-10-21(11-17-26)6-7-23-9-15-25(14-8-22-12-18-27(30)19-13-22)28(20-23)24-4-2-1-3-5-24/h1-20,29-30H/b7-6+,14-8+. The van der Waals surface area contributed by atoms with Crippen molar-refractivity contribution in [3.8, 4) is 22.6 Å². The van der Waals surface area contributed by atoms with E-state index in [4.69, 9.17) is 0 Å². The average molecular weight is 390 g/mol. The number of rotatable bonds is 5. The Bertz CT molecular complexity index is 1170. The highest BCUT2D eigenvalue weighted by atomic mass is 16.3. The molecular weight excluding hydrogens is 368 g/mol. The lowest BCUT2D eigenvalue weighted by atomic mass is 9.96. The molecule has 0 aliphatic rings. The zero-order chi connectivity index (χ0) is 20.8. The van der Waals surface area contributed by atoms with Gasteiger partial charge >= 0.3 is 0 Å². The van der Waals surface area contributed by atoms with Gasteiger partial charge in [0.05, 0.1) is 0 Å². The van der Waals surface area contributed by atoms with Crippen molar-refractivity contribution in [1.82, 2.24) is 0 Å². The van der Waals surface area contributed by atoms with Crippen LogP contribution in [0.5, 0.6) is 11.5 Å². The lowest BCUT2D eigenvalue weighted by Gasteiger charge is -2.09. The third-order valence-corrected chi connectivity index (χ3v) is 4.87. The first-order valence-electron chi connectivity index (χ1n) is 9.81. The smallest absolute Gasteiger partial charge is 0.115 e. The van der Waals surface area contributed by atoms with Crippen LogP contribution in [0, 0.1) is 0 Å². The third-order valence-electron chi connectivity index (χ3n) is 4.87. The quantitative estimate of drug-likeness (QED) is 0.357. The van der Waals surface area contributed by atoms with Crippen LogP contribution < -0.4 is 0 Å². The molecule has 0 heterocycles. The van der Waals surface area contributed by atoms with E-state index in [9.17, 15) is 10.2 Å². The predicted octanol–water partition coefficient (Wildman–Crippen LogP) is 7.11. The van der Waals surface area contributed by atoms with Gasteiger partial charge in [-0.05, 0) is 63.7 Å². The van der Waals surface area contributed by atoms with Gasteiger partial charge in [-0.15, -0.1) is 0 Å². The van der Waals surface area contributed by atoms with Crippen molar-refractivity contribution in [3.05, 3.63) is 119 Å². The number of phenols is 2. The number of aromatic hydroxyl groups is 2. The third kappa shape index (κ3) is 4.86. The summed E-state index contributed by atoms with van der Waals surface area (Å²) in [6.07, 6.45) is 8.26. The molecule has 4 aromatic rings. The fourth-order valence-electron chi connectivity index (χ4n) is 3.24. The summed E-state index contributed by atoms with van der Waals surface area (Å²) in [4.78, 5) is 0. The fourth-order valence-corrected chi connectivity index (χ4v) is 3.24. The van der Waals surface area contributed by atoms with Crippen LogP contribution in [-0.4, -0.2) is 10.2 Å². The molecule has 146 valence electrons.